The summed E-state index contributed by atoms with van der Waals surface area (Å²) in [4.78, 5) is 21.6. The minimum atomic E-state index is -0.263. The minimum absolute atomic E-state index is 0.258. The summed E-state index contributed by atoms with van der Waals surface area (Å²) < 4.78 is 19.1. The number of benzene rings is 2. The Morgan fingerprint density at radius 2 is 1.91 bits per heavy atom. The van der Waals surface area contributed by atoms with Crippen LogP contribution in [0.4, 0.5) is 5.69 Å². The van der Waals surface area contributed by atoms with Crippen molar-refractivity contribution in [1.82, 2.24) is 14.4 Å². The fraction of sp³-hybridized carbons (Fsp3) is 0.115. The van der Waals surface area contributed by atoms with Crippen LogP contribution < -0.4 is 19.5 Å². The lowest BCUT2D eigenvalue weighted by molar-refractivity contribution is 0.102. The van der Waals surface area contributed by atoms with Gasteiger partial charge in [-0.3, -0.25) is 4.79 Å². The zero-order chi connectivity index (χ0) is 24.0. The third-order valence-electron chi connectivity index (χ3n) is 5.18. The van der Waals surface area contributed by atoms with Gasteiger partial charge in [-0.15, -0.1) is 11.3 Å². The maximum atomic E-state index is 12.9. The summed E-state index contributed by atoms with van der Waals surface area (Å²) in [5.41, 5.74) is 5.28. The normalized spacial score (nSPS) is 10.8. The monoisotopic (exact) mass is 486 g/mol. The number of carbonyl (C=O) groups is 1. The highest BCUT2D eigenvalue weighted by Gasteiger charge is 2.12. The predicted molar refractivity (Wildman–Crippen MR) is 133 cm³/mol. The number of amides is 1. The van der Waals surface area contributed by atoms with Gasteiger partial charge >= 0.3 is 0 Å². The number of fused-ring (bicyclic) bond motifs is 1. The highest BCUT2D eigenvalue weighted by Crippen LogP contribution is 2.31. The van der Waals surface area contributed by atoms with Gasteiger partial charge < -0.3 is 23.9 Å². The molecule has 0 spiro atoms. The number of thiazole rings is 1. The van der Waals surface area contributed by atoms with Crippen LogP contribution in [0.1, 0.15) is 21.7 Å². The highest BCUT2D eigenvalue weighted by molar-refractivity contribution is 7.07. The largest absolute Gasteiger partial charge is 0.493 e. The van der Waals surface area contributed by atoms with Gasteiger partial charge in [-0.05, 0) is 42.5 Å². The number of hydrogen-bond acceptors (Lipinski definition) is 7. The molecule has 0 saturated heterocycles. The summed E-state index contributed by atoms with van der Waals surface area (Å²) in [6, 6.07) is 18.1. The summed E-state index contributed by atoms with van der Waals surface area (Å²) in [6.07, 6.45) is 3.85. The van der Waals surface area contributed by atoms with Gasteiger partial charge in [0.05, 0.1) is 24.0 Å². The van der Waals surface area contributed by atoms with Crippen molar-refractivity contribution in [2.24, 2.45) is 0 Å². The molecule has 0 radical (unpaired) electrons. The maximum absolute atomic E-state index is 12.9. The molecule has 9 heteroatoms. The van der Waals surface area contributed by atoms with Gasteiger partial charge in [-0.1, -0.05) is 12.1 Å². The van der Waals surface area contributed by atoms with Gasteiger partial charge in [0.25, 0.3) is 5.91 Å². The van der Waals surface area contributed by atoms with Gasteiger partial charge in [0, 0.05) is 35.1 Å². The Labute approximate surface area is 205 Å². The Hall–Kier alpha value is -4.37. The molecular weight excluding hydrogens is 464 g/mol. The molecule has 3 heterocycles. The Morgan fingerprint density at radius 3 is 2.74 bits per heavy atom. The molecule has 0 bridgehead atoms. The standard InChI is InChI=1S/C26H22N4O4S/c1-32-23-9-8-19(12-24(23)34-14-20-13-30-10-3-2-7-25(30)28-20)29-26(31)18-5-4-6-22(11-18)33-15-21-16-35-17-27-21/h2-13,16-17H,14-15H2,1H3,(H,29,31). The van der Waals surface area contributed by atoms with Crippen LogP contribution in [0.2, 0.25) is 0 Å². The number of methoxy groups -OCH3 is 1. The number of ether oxygens (including phenoxy) is 3. The number of imidazole rings is 1. The van der Waals surface area contributed by atoms with Gasteiger partial charge in [-0.2, -0.15) is 0 Å². The Bertz CT molecular complexity index is 1420. The second kappa shape index (κ2) is 10.3. The van der Waals surface area contributed by atoms with E-state index in [1.54, 1.807) is 49.0 Å². The van der Waals surface area contributed by atoms with E-state index in [2.05, 4.69) is 15.3 Å². The summed E-state index contributed by atoms with van der Waals surface area (Å²) >= 11 is 1.51. The van der Waals surface area contributed by atoms with Crippen molar-refractivity contribution in [3.63, 3.8) is 0 Å². The highest BCUT2D eigenvalue weighted by atomic mass is 32.1. The molecule has 8 nitrogen and oxygen atoms in total. The molecule has 0 fully saturated rings. The average Bonchev–Trinajstić information content (AvgIpc) is 3.56. The second-order valence-electron chi connectivity index (χ2n) is 7.60. The number of rotatable bonds is 9. The molecule has 0 aliphatic heterocycles. The number of aromatic nitrogens is 3. The van der Waals surface area contributed by atoms with Crippen LogP contribution in [-0.4, -0.2) is 27.4 Å². The quantitative estimate of drug-likeness (QED) is 0.308. The molecule has 0 atom stereocenters. The van der Waals surface area contributed by atoms with Crippen molar-refractivity contribution in [3.05, 3.63) is 101 Å². The summed E-state index contributed by atoms with van der Waals surface area (Å²) in [5, 5.41) is 4.83. The summed E-state index contributed by atoms with van der Waals surface area (Å²) in [7, 11) is 1.57. The molecule has 5 rings (SSSR count). The molecular formula is C26H22N4O4S. The van der Waals surface area contributed by atoms with Crippen molar-refractivity contribution < 1.29 is 19.0 Å². The first kappa shape index (κ1) is 22.4. The van der Waals surface area contributed by atoms with E-state index in [-0.39, 0.29) is 12.5 Å². The van der Waals surface area contributed by atoms with E-state index in [1.807, 2.05) is 46.4 Å². The summed E-state index contributed by atoms with van der Waals surface area (Å²) in [5.74, 6) is 1.39. The first-order chi connectivity index (χ1) is 17.2. The SMILES string of the molecule is COc1ccc(NC(=O)c2cccc(OCc3cscn3)c2)cc1OCc1cn2ccccc2n1. The lowest BCUT2D eigenvalue weighted by Crippen LogP contribution is -2.12. The topological polar surface area (TPSA) is 87.0 Å². The summed E-state index contributed by atoms with van der Waals surface area (Å²) in [6.45, 7) is 0.605. The van der Waals surface area contributed by atoms with E-state index in [9.17, 15) is 4.79 Å². The van der Waals surface area contributed by atoms with Crippen molar-refractivity contribution >= 4 is 28.6 Å². The van der Waals surface area contributed by atoms with Gasteiger partial charge in [0.2, 0.25) is 0 Å². The molecule has 0 saturated carbocycles. The molecule has 3 aromatic heterocycles. The first-order valence-electron chi connectivity index (χ1n) is 10.8. The van der Waals surface area contributed by atoms with Crippen LogP contribution in [0, 0.1) is 0 Å². The van der Waals surface area contributed by atoms with Crippen LogP contribution in [-0.2, 0) is 13.2 Å². The molecule has 0 unspecified atom stereocenters. The third kappa shape index (κ3) is 5.42. The molecule has 1 N–H and O–H groups in total. The third-order valence-corrected chi connectivity index (χ3v) is 5.81. The number of carbonyl (C=O) groups excluding carboxylic acids is 1. The number of nitrogens with zero attached hydrogens (tertiary/aromatic N) is 3. The van der Waals surface area contributed by atoms with Crippen LogP contribution in [0.5, 0.6) is 17.2 Å². The van der Waals surface area contributed by atoms with E-state index in [0.29, 0.717) is 35.1 Å². The number of nitrogens with one attached hydrogen (secondary N) is 1. The fourth-order valence-electron chi connectivity index (χ4n) is 3.47. The molecule has 0 aliphatic carbocycles. The van der Waals surface area contributed by atoms with Crippen molar-refractivity contribution in [2.45, 2.75) is 13.2 Å². The second-order valence-corrected chi connectivity index (χ2v) is 8.32. The smallest absolute Gasteiger partial charge is 0.255 e. The lowest BCUT2D eigenvalue weighted by atomic mass is 10.2. The zero-order valence-corrected chi connectivity index (χ0v) is 19.7. The van der Waals surface area contributed by atoms with E-state index in [4.69, 9.17) is 14.2 Å². The molecule has 2 aromatic carbocycles. The van der Waals surface area contributed by atoms with Crippen LogP contribution in [0.3, 0.4) is 0 Å². The molecule has 0 aliphatic rings. The first-order valence-corrected chi connectivity index (χ1v) is 11.8. The van der Waals surface area contributed by atoms with Crippen molar-refractivity contribution in [1.29, 1.82) is 0 Å². The number of hydrogen-bond donors (Lipinski definition) is 1. The fourth-order valence-corrected chi connectivity index (χ4v) is 4.02. The van der Waals surface area contributed by atoms with E-state index < -0.39 is 0 Å². The maximum Gasteiger partial charge on any atom is 0.255 e. The van der Waals surface area contributed by atoms with Crippen LogP contribution in [0.15, 0.2) is 83.9 Å². The molecule has 35 heavy (non-hydrogen) atoms. The lowest BCUT2D eigenvalue weighted by Gasteiger charge is -2.13. The number of anilines is 1. The zero-order valence-electron chi connectivity index (χ0n) is 18.9. The number of pyridine rings is 1. The Balaban J connectivity index is 1.26. The van der Waals surface area contributed by atoms with Gasteiger partial charge in [-0.25, -0.2) is 9.97 Å². The Kier molecular flexibility index (Phi) is 6.58. The van der Waals surface area contributed by atoms with E-state index >= 15 is 0 Å². The van der Waals surface area contributed by atoms with Crippen molar-refractivity contribution in [3.8, 4) is 17.2 Å². The predicted octanol–water partition coefficient (Wildman–Crippen LogP) is 5.21. The van der Waals surface area contributed by atoms with Gasteiger partial charge in [0.15, 0.2) is 11.5 Å². The van der Waals surface area contributed by atoms with E-state index in [1.165, 1.54) is 11.3 Å². The van der Waals surface area contributed by atoms with Crippen LogP contribution in [0.25, 0.3) is 5.65 Å². The molecule has 1 amide bonds. The van der Waals surface area contributed by atoms with Crippen LogP contribution >= 0.6 is 11.3 Å². The minimum Gasteiger partial charge on any atom is -0.493 e. The molecule has 5 aromatic rings. The Morgan fingerprint density at radius 1 is 1.00 bits per heavy atom. The average molecular weight is 487 g/mol. The molecule has 176 valence electrons. The van der Waals surface area contributed by atoms with Crippen molar-refractivity contribution in [2.75, 3.05) is 12.4 Å². The van der Waals surface area contributed by atoms with E-state index in [0.717, 1.165) is 17.0 Å². The van der Waals surface area contributed by atoms with Gasteiger partial charge in [0.1, 0.15) is 24.6 Å².